The Morgan fingerprint density at radius 1 is 1.45 bits per heavy atom. The molecule has 0 bridgehead atoms. The fourth-order valence-corrected chi connectivity index (χ4v) is 1.74. The number of nitrogen functional groups attached to an aromatic ring is 1. The summed E-state index contributed by atoms with van der Waals surface area (Å²) in [6.45, 7) is 2.20. The number of hydrogen-bond donors (Lipinski definition) is 2. The van der Waals surface area contributed by atoms with Crippen molar-refractivity contribution in [2.75, 3.05) is 12.8 Å². The number of ether oxygens (including phenoxy) is 1. The Balaban J connectivity index is 2.07. The maximum absolute atomic E-state index is 12.1. The van der Waals surface area contributed by atoms with Gasteiger partial charge in [-0.2, -0.15) is 0 Å². The molecule has 1 aromatic heterocycles. The maximum atomic E-state index is 12.1. The molecule has 0 radical (unpaired) electrons. The van der Waals surface area contributed by atoms with E-state index in [1.807, 2.05) is 13.0 Å². The van der Waals surface area contributed by atoms with Crippen LogP contribution in [-0.2, 0) is 6.54 Å². The van der Waals surface area contributed by atoms with E-state index in [0.717, 1.165) is 5.56 Å². The van der Waals surface area contributed by atoms with Crippen molar-refractivity contribution in [1.82, 2.24) is 15.3 Å². The van der Waals surface area contributed by atoms with E-state index < -0.39 is 0 Å². The Kier molecular flexibility index (Phi) is 4.14. The van der Waals surface area contributed by atoms with Gasteiger partial charge in [0.1, 0.15) is 17.9 Å². The molecular weight excluding hydrogens is 256 g/mol. The Hall–Kier alpha value is -2.63. The second kappa shape index (κ2) is 6.01. The highest BCUT2D eigenvalue weighted by atomic mass is 16.5. The van der Waals surface area contributed by atoms with Crippen LogP contribution in [0.4, 0.5) is 5.82 Å². The number of anilines is 1. The Labute approximate surface area is 117 Å². The number of aromatic nitrogens is 2. The van der Waals surface area contributed by atoms with Gasteiger partial charge in [0.05, 0.1) is 7.11 Å². The summed E-state index contributed by atoms with van der Waals surface area (Å²) in [4.78, 5) is 19.8. The quantitative estimate of drug-likeness (QED) is 0.875. The summed E-state index contributed by atoms with van der Waals surface area (Å²) in [5, 5.41) is 2.77. The normalized spacial score (nSPS) is 10.1. The molecule has 3 N–H and O–H groups in total. The van der Waals surface area contributed by atoms with Gasteiger partial charge in [-0.25, -0.2) is 9.97 Å². The zero-order valence-corrected chi connectivity index (χ0v) is 11.4. The average Bonchev–Trinajstić information content (AvgIpc) is 2.46. The van der Waals surface area contributed by atoms with Crippen LogP contribution < -0.4 is 15.8 Å². The van der Waals surface area contributed by atoms with Crippen LogP contribution >= 0.6 is 0 Å². The largest absolute Gasteiger partial charge is 0.496 e. The molecule has 6 heteroatoms. The Morgan fingerprint density at radius 3 is 2.95 bits per heavy atom. The van der Waals surface area contributed by atoms with Crippen LogP contribution in [0.25, 0.3) is 0 Å². The molecule has 1 heterocycles. The lowest BCUT2D eigenvalue weighted by Crippen LogP contribution is -2.23. The van der Waals surface area contributed by atoms with Crippen LogP contribution in [0.1, 0.15) is 21.5 Å². The molecule has 0 fully saturated rings. The second-order valence-electron chi connectivity index (χ2n) is 4.30. The molecule has 0 saturated heterocycles. The van der Waals surface area contributed by atoms with Gasteiger partial charge >= 0.3 is 0 Å². The molecule has 0 unspecified atom stereocenters. The minimum Gasteiger partial charge on any atom is -0.496 e. The van der Waals surface area contributed by atoms with Gasteiger partial charge in [-0.05, 0) is 24.6 Å². The third-order valence-corrected chi connectivity index (χ3v) is 2.93. The number of carbonyl (C=O) groups excluding carboxylic acids is 1. The van der Waals surface area contributed by atoms with Gasteiger partial charge < -0.3 is 15.8 Å². The zero-order chi connectivity index (χ0) is 14.5. The number of nitrogens with zero attached hydrogens (tertiary/aromatic N) is 2. The summed E-state index contributed by atoms with van der Waals surface area (Å²) >= 11 is 0. The van der Waals surface area contributed by atoms with Crippen LogP contribution in [-0.4, -0.2) is 23.0 Å². The molecule has 0 saturated carbocycles. The third kappa shape index (κ3) is 3.03. The molecule has 1 amide bonds. The highest BCUT2D eigenvalue weighted by molar-refractivity contribution is 5.94. The molecule has 0 aliphatic heterocycles. The van der Waals surface area contributed by atoms with Gasteiger partial charge in [-0.1, -0.05) is 6.07 Å². The molecule has 0 atom stereocenters. The topological polar surface area (TPSA) is 90.1 Å². The molecule has 0 spiro atoms. The lowest BCUT2D eigenvalue weighted by molar-refractivity contribution is 0.0950. The first-order valence-electron chi connectivity index (χ1n) is 6.09. The molecule has 20 heavy (non-hydrogen) atoms. The molecule has 1 aromatic carbocycles. The third-order valence-electron chi connectivity index (χ3n) is 2.93. The highest BCUT2D eigenvalue weighted by Gasteiger charge is 2.09. The summed E-state index contributed by atoms with van der Waals surface area (Å²) in [6, 6.07) is 5.29. The van der Waals surface area contributed by atoms with Gasteiger partial charge in [-0.3, -0.25) is 4.79 Å². The minimum atomic E-state index is -0.202. The predicted molar refractivity (Wildman–Crippen MR) is 75.3 cm³/mol. The molecular formula is C14H16N4O2. The van der Waals surface area contributed by atoms with Gasteiger partial charge in [-0.15, -0.1) is 0 Å². The number of nitrogens with one attached hydrogen (secondary N) is 1. The molecule has 2 aromatic rings. The Bertz CT molecular complexity index is 628. The van der Waals surface area contributed by atoms with E-state index >= 15 is 0 Å². The number of methoxy groups -OCH3 is 1. The van der Waals surface area contributed by atoms with Crippen molar-refractivity contribution in [3.05, 3.63) is 47.4 Å². The fourth-order valence-electron chi connectivity index (χ4n) is 1.74. The second-order valence-corrected chi connectivity index (χ2v) is 4.30. The van der Waals surface area contributed by atoms with Crippen LogP contribution in [0.3, 0.4) is 0 Å². The summed E-state index contributed by atoms with van der Waals surface area (Å²) in [5.74, 6) is 0.841. The number of hydrogen-bond acceptors (Lipinski definition) is 5. The zero-order valence-electron chi connectivity index (χ0n) is 11.4. The van der Waals surface area contributed by atoms with Crippen LogP contribution in [0, 0.1) is 6.92 Å². The summed E-state index contributed by atoms with van der Waals surface area (Å²) in [6.07, 6.45) is 2.95. The van der Waals surface area contributed by atoms with Gasteiger partial charge in [0.25, 0.3) is 5.91 Å². The van der Waals surface area contributed by atoms with Crippen molar-refractivity contribution in [1.29, 1.82) is 0 Å². The van der Waals surface area contributed by atoms with Gasteiger partial charge in [0.15, 0.2) is 0 Å². The SMILES string of the molecule is COc1cc(C(=O)NCc2cncnc2N)ccc1C. The van der Waals surface area contributed by atoms with E-state index in [9.17, 15) is 4.79 Å². The summed E-state index contributed by atoms with van der Waals surface area (Å²) < 4.78 is 5.20. The van der Waals surface area contributed by atoms with E-state index in [0.29, 0.717) is 22.7 Å². The molecule has 0 aliphatic rings. The van der Waals surface area contributed by atoms with Crippen molar-refractivity contribution in [3.8, 4) is 5.75 Å². The van der Waals surface area contributed by atoms with Crippen LogP contribution in [0.2, 0.25) is 0 Å². The van der Waals surface area contributed by atoms with E-state index in [4.69, 9.17) is 10.5 Å². The lowest BCUT2D eigenvalue weighted by atomic mass is 10.1. The number of benzene rings is 1. The number of amides is 1. The smallest absolute Gasteiger partial charge is 0.251 e. The van der Waals surface area contributed by atoms with Crippen molar-refractivity contribution < 1.29 is 9.53 Å². The van der Waals surface area contributed by atoms with E-state index in [1.165, 1.54) is 6.33 Å². The fraction of sp³-hybridized carbons (Fsp3) is 0.214. The number of carbonyl (C=O) groups is 1. The first-order chi connectivity index (χ1) is 9.61. The van der Waals surface area contributed by atoms with Crippen molar-refractivity contribution >= 4 is 11.7 Å². The molecule has 6 nitrogen and oxygen atoms in total. The predicted octanol–water partition coefficient (Wildman–Crippen LogP) is 1.31. The lowest BCUT2D eigenvalue weighted by Gasteiger charge is -2.09. The monoisotopic (exact) mass is 272 g/mol. The standard InChI is InChI=1S/C14H16N4O2/c1-9-3-4-10(5-12(9)20-2)14(19)17-7-11-6-16-8-18-13(11)15/h3-6,8H,7H2,1-2H3,(H,17,19)(H2,15,16,18). The number of aryl methyl sites for hydroxylation is 1. The van der Waals surface area contributed by atoms with Gasteiger partial charge in [0.2, 0.25) is 0 Å². The van der Waals surface area contributed by atoms with E-state index in [1.54, 1.807) is 25.4 Å². The first kappa shape index (κ1) is 13.8. The van der Waals surface area contributed by atoms with Crippen LogP contribution in [0.5, 0.6) is 5.75 Å². The maximum Gasteiger partial charge on any atom is 0.251 e. The van der Waals surface area contributed by atoms with Gasteiger partial charge in [0, 0.05) is 23.9 Å². The van der Waals surface area contributed by atoms with Crippen molar-refractivity contribution in [3.63, 3.8) is 0 Å². The summed E-state index contributed by atoms with van der Waals surface area (Å²) in [7, 11) is 1.58. The number of rotatable bonds is 4. The van der Waals surface area contributed by atoms with Crippen LogP contribution in [0.15, 0.2) is 30.7 Å². The first-order valence-corrected chi connectivity index (χ1v) is 6.09. The van der Waals surface area contributed by atoms with E-state index in [2.05, 4.69) is 15.3 Å². The highest BCUT2D eigenvalue weighted by Crippen LogP contribution is 2.19. The van der Waals surface area contributed by atoms with Crippen molar-refractivity contribution in [2.24, 2.45) is 0 Å². The molecule has 104 valence electrons. The average molecular weight is 272 g/mol. The minimum absolute atomic E-state index is 0.202. The number of nitrogens with two attached hydrogens (primary N) is 1. The Morgan fingerprint density at radius 2 is 2.25 bits per heavy atom. The van der Waals surface area contributed by atoms with Crippen molar-refractivity contribution in [2.45, 2.75) is 13.5 Å². The molecule has 0 aliphatic carbocycles. The summed E-state index contributed by atoms with van der Waals surface area (Å²) in [5.41, 5.74) is 7.88. The molecule has 2 rings (SSSR count). The van der Waals surface area contributed by atoms with E-state index in [-0.39, 0.29) is 12.5 Å².